The molecule has 2 aromatic carbocycles. The van der Waals surface area contributed by atoms with E-state index >= 15 is 0 Å². The maximum absolute atomic E-state index is 13.7. The molecule has 0 saturated carbocycles. The van der Waals surface area contributed by atoms with Crippen molar-refractivity contribution in [3.63, 3.8) is 0 Å². The highest BCUT2D eigenvalue weighted by molar-refractivity contribution is 7.89. The molecule has 0 unspecified atom stereocenters. The van der Waals surface area contributed by atoms with Gasteiger partial charge >= 0.3 is 0 Å². The van der Waals surface area contributed by atoms with E-state index in [1.807, 2.05) is 50.4 Å². The van der Waals surface area contributed by atoms with E-state index in [0.717, 1.165) is 16.7 Å². The predicted molar refractivity (Wildman–Crippen MR) is 143 cm³/mol. The van der Waals surface area contributed by atoms with E-state index < -0.39 is 16.1 Å². The Bertz CT molecular complexity index is 1300. The van der Waals surface area contributed by atoms with E-state index in [1.54, 1.807) is 44.6 Å². The lowest BCUT2D eigenvalue weighted by Gasteiger charge is -2.37. The molecule has 198 valence electrons. The molecule has 3 aromatic rings. The molecule has 37 heavy (non-hydrogen) atoms. The van der Waals surface area contributed by atoms with Crippen LogP contribution < -0.4 is 9.47 Å². The summed E-state index contributed by atoms with van der Waals surface area (Å²) in [7, 11) is -0.263. The average Bonchev–Trinajstić information content (AvgIpc) is 2.90. The number of pyridine rings is 1. The largest absolute Gasteiger partial charge is 0.497 e. The van der Waals surface area contributed by atoms with Crippen LogP contribution in [-0.4, -0.2) is 73.7 Å². The second-order valence-corrected chi connectivity index (χ2v) is 11.5. The number of aromatic nitrogens is 1. The zero-order valence-electron chi connectivity index (χ0n) is 21.7. The van der Waals surface area contributed by atoms with Crippen LogP contribution in [0.3, 0.4) is 0 Å². The van der Waals surface area contributed by atoms with Crippen molar-refractivity contribution in [1.29, 1.82) is 0 Å². The van der Waals surface area contributed by atoms with Crippen LogP contribution in [-0.2, 0) is 16.6 Å². The van der Waals surface area contributed by atoms with Crippen LogP contribution in [0.2, 0.25) is 0 Å². The van der Waals surface area contributed by atoms with Gasteiger partial charge in [-0.1, -0.05) is 25.1 Å². The quantitative estimate of drug-likeness (QED) is 0.480. The molecule has 4 rings (SSSR count). The zero-order valence-corrected chi connectivity index (χ0v) is 22.6. The van der Waals surface area contributed by atoms with Gasteiger partial charge in [-0.2, -0.15) is 4.31 Å². The van der Waals surface area contributed by atoms with Crippen molar-refractivity contribution in [3.8, 4) is 22.6 Å². The fraction of sp³-hybridized carbons (Fsp3) is 0.393. The Hall–Kier alpha value is -2.98. The molecule has 9 heteroatoms. The number of benzene rings is 2. The summed E-state index contributed by atoms with van der Waals surface area (Å²) >= 11 is 0. The van der Waals surface area contributed by atoms with Gasteiger partial charge in [0.15, 0.2) is 0 Å². The zero-order chi connectivity index (χ0) is 26.6. The van der Waals surface area contributed by atoms with Gasteiger partial charge in [0.2, 0.25) is 10.0 Å². The maximum atomic E-state index is 13.7. The molecule has 0 bridgehead atoms. The number of likely N-dealkylation sites (N-methyl/N-ethyl adjacent to an activating group) is 1. The maximum Gasteiger partial charge on any atom is 0.247 e. The summed E-state index contributed by atoms with van der Waals surface area (Å²) in [6, 6.07) is 16.2. The van der Waals surface area contributed by atoms with E-state index in [1.165, 1.54) is 4.31 Å². The molecular formula is C28H35N3O5S. The van der Waals surface area contributed by atoms with Crippen LogP contribution in [0.25, 0.3) is 11.1 Å². The highest BCUT2D eigenvalue weighted by atomic mass is 32.2. The highest BCUT2D eigenvalue weighted by Crippen LogP contribution is 2.37. The van der Waals surface area contributed by atoms with Gasteiger partial charge < -0.3 is 14.6 Å². The number of ether oxygens (including phenoxy) is 2. The Morgan fingerprint density at radius 3 is 2.59 bits per heavy atom. The molecule has 0 radical (unpaired) electrons. The molecule has 0 spiro atoms. The van der Waals surface area contributed by atoms with Crippen molar-refractivity contribution >= 4 is 10.0 Å². The second kappa shape index (κ2) is 11.6. The smallest absolute Gasteiger partial charge is 0.247 e. The standard InChI is InChI=1S/C28H35N3O5S/c1-20-16-31(21(2)19-32)37(33,34)28-9-8-24(23-6-5-7-25(14-23)35-4)15-26(28)36-27(20)18-30(3)17-22-10-12-29-13-11-22/h5-15,20-21,27,32H,16-19H2,1-4H3/t20-,21-,27+/m1/s1. The second-order valence-electron chi connectivity index (χ2n) is 9.69. The SMILES string of the molecule is COc1cccc(-c2ccc3c(c2)O[C@@H](CN(C)Cc2ccncc2)[C@H](C)CN([C@H](C)CO)S3(=O)=O)c1. The topological polar surface area (TPSA) is 92.2 Å². The minimum atomic E-state index is -3.90. The third-order valence-electron chi connectivity index (χ3n) is 6.76. The van der Waals surface area contributed by atoms with Gasteiger partial charge in [-0.05, 0) is 67.1 Å². The molecule has 1 aliphatic heterocycles. The Morgan fingerprint density at radius 1 is 1.16 bits per heavy atom. The van der Waals surface area contributed by atoms with Crippen LogP contribution in [0.4, 0.5) is 0 Å². The molecule has 0 aliphatic carbocycles. The van der Waals surface area contributed by atoms with Crippen molar-refractivity contribution in [2.24, 2.45) is 5.92 Å². The number of aliphatic hydroxyl groups excluding tert-OH is 1. The van der Waals surface area contributed by atoms with Crippen molar-refractivity contribution in [1.82, 2.24) is 14.2 Å². The predicted octanol–water partition coefficient (Wildman–Crippen LogP) is 3.66. The Kier molecular flexibility index (Phi) is 8.49. The highest BCUT2D eigenvalue weighted by Gasteiger charge is 2.38. The Morgan fingerprint density at radius 2 is 1.89 bits per heavy atom. The van der Waals surface area contributed by atoms with E-state index in [0.29, 0.717) is 24.6 Å². The van der Waals surface area contributed by atoms with Crippen molar-refractivity contribution < 1.29 is 23.0 Å². The van der Waals surface area contributed by atoms with E-state index in [-0.39, 0.29) is 30.1 Å². The Labute approximate surface area is 219 Å². The minimum absolute atomic E-state index is 0.105. The van der Waals surface area contributed by atoms with Crippen LogP contribution in [0.1, 0.15) is 19.4 Å². The first-order valence-corrected chi connectivity index (χ1v) is 13.8. The normalized spacial score (nSPS) is 20.4. The first-order valence-electron chi connectivity index (χ1n) is 12.4. The number of fused-ring (bicyclic) bond motifs is 1. The third kappa shape index (κ3) is 6.13. The summed E-state index contributed by atoms with van der Waals surface area (Å²) in [5, 5.41) is 9.87. The van der Waals surface area contributed by atoms with Crippen LogP contribution >= 0.6 is 0 Å². The van der Waals surface area contributed by atoms with Crippen molar-refractivity contribution in [2.75, 3.05) is 33.9 Å². The summed E-state index contributed by atoms with van der Waals surface area (Å²) < 4.78 is 40.8. The average molecular weight is 526 g/mol. The molecule has 0 saturated heterocycles. The summed E-state index contributed by atoms with van der Waals surface area (Å²) in [5.74, 6) is 0.895. The molecule has 1 aliphatic rings. The van der Waals surface area contributed by atoms with Gasteiger partial charge in [0.1, 0.15) is 22.5 Å². The Balaban J connectivity index is 1.73. The van der Waals surface area contributed by atoms with Crippen molar-refractivity contribution in [3.05, 3.63) is 72.6 Å². The first-order chi connectivity index (χ1) is 17.7. The molecule has 1 aromatic heterocycles. The number of aliphatic hydroxyl groups is 1. The molecule has 2 heterocycles. The number of hydrogen-bond acceptors (Lipinski definition) is 7. The minimum Gasteiger partial charge on any atom is -0.497 e. The van der Waals surface area contributed by atoms with E-state index in [4.69, 9.17) is 9.47 Å². The lowest BCUT2D eigenvalue weighted by atomic mass is 10.0. The molecule has 0 amide bonds. The third-order valence-corrected chi connectivity index (χ3v) is 8.78. The van der Waals surface area contributed by atoms with Gasteiger partial charge in [0.25, 0.3) is 0 Å². The number of sulfonamides is 1. The summed E-state index contributed by atoms with van der Waals surface area (Å²) in [6.07, 6.45) is 3.26. The monoisotopic (exact) mass is 525 g/mol. The van der Waals surface area contributed by atoms with Crippen LogP contribution in [0.5, 0.6) is 11.5 Å². The van der Waals surface area contributed by atoms with E-state index in [2.05, 4.69) is 9.88 Å². The van der Waals surface area contributed by atoms with Gasteiger partial charge in [-0.25, -0.2) is 8.42 Å². The van der Waals surface area contributed by atoms with Gasteiger partial charge in [0, 0.05) is 44.0 Å². The van der Waals surface area contributed by atoms with E-state index in [9.17, 15) is 13.5 Å². The summed E-state index contributed by atoms with van der Waals surface area (Å²) in [4.78, 5) is 6.35. The number of rotatable bonds is 8. The van der Waals surface area contributed by atoms with Crippen LogP contribution in [0, 0.1) is 5.92 Å². The molecule has 8 nitrogen and oxygen atoms in total. The summed E-state index contributed by atoms with van der Waals surface area (Å²) in [5.41, 5.74) is 2.85. The lowest BCUT2D eigenvalue weighted by Crippen LogP contribution is -2.49. The fourth-order valence-electron chi connectivity index (χ4n) is 4.60. The molecule has 1 N–H and O–H groups in total. The molecular weight excluding hydrogens is 490 g/mol. The lowest BCUT2D eigenvalue weighted by molar-refractivity contribution is 0.0734. The summed E-state index contributed by atoms with van der Waals surface area (Å²) in [6.45, 7) is 5.00. The number of hydrogen-bond donors (Lipinski definition) is 1. The van der Waals surface area contributed by atoms with Gasteiger partial charge in [-0.3, -0.25) is 9.88 Å². The van der Waals surface area contributed by atoms with Gasteiger partial charge in [0.05, 0.1) is 13.7 Å². The van der Waals surface area contributed by atoms with Gasteiger partial charge in [-0.15, -0.1) is 0 Å². The first kappa shape index (κ1) is 27.1. The van der Waals surface area contributed by atoms with Crippen LogP contribution in [0.15, 0.2) is 71.9 Å². The fourth-order valence-corrected chi connectivity index (χ4v) is 6.42. The molecule has 3 atom stereocenters. The number of methoxy groups -OCH3 is 1. The molecule has 0 fully saturated rings. The van der Waals surface area contributed by atoms with Crippen molar-refractivity contribution in [2.45, 2.75) is 37.4 Å². The number of nitrogens with zero attached hydrogens (tertiary/aromatic N) is 3.